The number of aromatic carboxylic acids is 1. The molecule has 0 spiro atoms. The van der Waals surface area contributed by atoms with E-state index in [1.165, 1.54) is 16.3 Å². The summed E-state index contributed by atoms with van der Waals surface area (Å²) in [6.45, 7) is 1.61. The average molecular weight is 317 g/mol. The van der Waals surface area contributed by atoms with Crippen LogP contribution in [0.3, 0.4) is 0 Å². The zero-order valence-electron chi connectivity index (χ0n) is 11.5. The van der Waals surface area contributed by atoms with Gasteiger partial charge in [0.05, 0.1) is 5.56 Å². The van der Waals surface area contributed by atoms with Crippen LogP contribution in [0.1, 0.15) is 21.6 Å². The summed E-state index contributed by atoms with van der Waals surface area (Å²) in [5.41, 5.74) is 1.24. The summed E-state index contributed by atoms with van der Waals surface area (Å²) in [6.07, 6.45) is 0. The Morgan fingerprint density at radius 1 is 1.32 bits per heavy atom. The number of aromatic nitrogens is 5. The van der Waals surface area contributed by atoms with Crippen LogP contribution in [0.2, 0.25) is 0 Å². The van der Waals surface area contributed by atoms with Crippen molar-refractivity contribution in [1.82, 2.24) is 24.8 Å². The molecule has 0 unspecified atom stereocenters. The number of fused-ring (bicyclic) bond motifs is 1. The summed E-state index contributed by atoms with van der Waals surface area (Å²) in [5.74, 6) is -0.0776. The highest BCUT2D eigenvalue weighted by Crippen LogP contribution is 2.20. The monoisotopic (exact) mass is 317 g/mol. The Morgan fingerprint density at radius 3 is 2.73 bits per heavy atom. The number of H-pyrrole nitrogens is 1. The molecule has 0 amide bonds. The van der Waals surface area contributed by atoms with Gasteiger partial charge in [-0.15, -0.1) is 10.2 Å². The summed E-state index contributed by atoms with van der Waals surface area (Å²) in [7, 11) is 0. The van der Waals surface area contributed by atoms with Crippen LogP contribution in [0, 0.1) is 6.92 Å². The number of rotatable bonds is 4. The molecule has 0 saturated carbocycles. The quantitative estimate of drug-likeness (QED) is 0.693. The molecular weight excluding hydrogens is 306 g/mol. The Kier molecular flexibility index (Phi) is 3.63. The number of hydrogen-bond acceptors (Lipinski definition) is 6. The third-order valence-electron chi connectivity index (χ3n) is 2.98. The van der Waals surface area contributed by atoms with Gasteiger partial charge in [-0.25, -0.2) is 4.79 Å². The number of carbonyl (C=O) groups is 1. The van der Waals surface area contributed by atoms with Crippen LogP contribution in [0.25, 0.3) is 5.78 Å². The van der Waals surface area contributed by atoms with Gasteiger partial charge >= 0.3 is 5.97 Å². The fourth-order valence-electron chi connectivity index (χ4n) is 1.80. The van der Waals surface area contributed by atoms with E-state index >= 15 is 0 Å². The first kappa shape index (κ1) is 14.3. The number of nitrogens with zero attached hydrogens (tertiary/aromatic N) is 4. The molecule has 112 valence electrons. The largest absolute Gasteiger partial charge is 0.478 e. The second-order valence-electron chi connectivity index (χ2n) is 4.55. The molecule has 8 nitrogen and oxygen atoms in total. The Balaban J connectivity index is 1.80. The molecule has 0 radical (unpaired) electrons. The standard InChI is InChI=1S/C13H11N5O3S/c1-7-10(19)14-12-15-16-13(18(12)17-7)22-6-8-2-4-9(5-3-8)11(20)21/h2-5H,6H2,1H3,(H,20,21)(H,14,15,19). The molecule has 0 saturated heterocycles. The number of aryl methyl sites for hydroxylation is 1. The Labute approximate surface area is 128 Å². The summed E-state index contributed by atoms with van der Waals surface area (Å²) in [4.78, 5) is 24.8. The lowest BCUT2D eigenvalue weighted by Gasteiger charge is -2.01. The summed E-state index contributed by atoms with van der Waals surface area (Å²) in [5, 5.41) is 21.4. The molecule has 0 aliphatic rings. The Morgan fingerprint density at radius 2 is 2.05 bits per heavy atom. The molecule has 0 bridgehead atoms. The van der Waals surface area contributed by atoms with Crippen molar-refractivity contribution in [2.75, 3.05) is 0 Å². The molecule has 0 fully saturated rings. The molecule has 9 heteroatoms. The number of benzene rings is 1. The van der Waals surface area contributed by atoms with Crippen LogP contribution in [-0.4, -0.2) is 35.9 Å². The van der Waals surface area contributed by atoms with Gasteiger partial charge in [0.2, 0.25) is 5.16 Å². The number of carboxylic acids is 1. The zero-order chi connectivity index (χ0) is 15.7. The molecule has 2 N–H and O–H groups in total. The van der Waals surface area contributed by atoms with Crippen LogP contribution in [0.15, 0.2) is 34.2 Å². The van der Waals surface area contributed by atoms with Crippen molar-refractivity contribution in [3.8, 4) is 0 Å². The Bertz CT molecular complexity index is 900. The van der Waals surface area contributed by atoms with E-state index < -0.39 is 5.97 Å². The lowest BCUT2D eigenvalue weighted by atomic mass is 10.1. The summed E-state index contributed by atoms with van der Waals surface area (Å²) < 4.78 is 1.48. The van der Waals surface area contributed by atoms with E-state index in [4.69, 9.17) is 5.11 Å². The molecule has 0 aliphatic heterocycles. The van der Waals surface area contributed by atoms with E-state index in [9.17, 15) is 9.59 Å². The molecule has 3 rings (SSSR count). The fourth-order valence-corrected chi connectivity index (χ4v) is 2.64. The lowest BCUT2D eigenvalue weighted by molar-refractivity contribution is 0.0697. The minimum atomic E-state index is -0.953. The van der Waals surface area contributed by atoms with Gasteiger partial charge < -0.3 is 5.11 Å². The first-order valence-corrected chi connectivity index (χ1v) is 7.30. The van der Waals surface area contributed by atoms with Crippen molar-refractivity contribution in [2.24, 2.45) is 0 Å². The van der Waals surface area contributed by atoms with Crippen LogP contribution in [0.4, 0.5) is 0 Å². The SMILES string of the molecule is Cc1nn2c(SCc3ccc(C(=O)O)cc3)nnc2[nH]c1=O. The summed E-state index contributed by atoms with van der Waals surface area (Å²) in [6, 6.07) is 6.61. The van der Waals surface area contributed by atoms with Crippen LogP contribution in [0.5, 0.6) is 0 Å². The molecule has 3 aromatic rings. The number of nitrogens with one attached hydrogen (secondary N) is 1. The molecule has 0 aliphatic carbocycles. The maximum atomic E-state index is 11.5. The molecule has 22 heavy (non-hydrogen) atoms. The average Bonchev–Trinajstić information content (AvgIpc) is 2.88. The molecule has 2 aromatic heterocycles. The van der Waals surface area contributed by atoms with Crippen molar-refractivity contribution < 1.29 is 9.90 Å². The third kappa shape index (κ3) is 2.70. The molecular formula is C13H11N5O3S. The van der Waals surface area contributed by atoms with E-state index in [1.807, 2.05) is 0 Å². The van der Waals surface area contributed by atoms with Crippen molar-refractivity contribution in [3.05, 3.63) is 51.4 Å². The highest BCUT2D eigenvalue weighted by atomic mass is 32.2. The smallest absolute Gasteiger partial charge is 0.335 e. The van der Waals surface area contributed by atoms with Gasteiger partial charge in [-0.1, -0.05) is 23.9 Å². The first-order valence-electron chi connectivity index (χ1n) is 6.32. The van der Waals surface area contributed by atoms with E-state index in [2.05, 4.69) is 20.3 Å². The highest BCUT2D eigenvalue weighted by Gasteiger charge is 2.10. The predicted molar refractivity (Wildman–Crippen MR) is 79.1 cm³/mol. The van der Waals surface area contributed by atoms with Gasteiger partial charge in [0.25, 0.3) is 11.3 Å². The summed E-state index contributed by atoms with van der Waals surface area (Å²) >= 11 is 1.40. The van der Waals surface area contributed by atoms with E-state index in [0.29, 0.717) is 22.4 Å². The van der Waals surface area contributed by atoms with E-state index in [-0.39, 0.29) is 11.1 Å². The fraction of sp³-hybridized carbons (Fsp3) is 0.154. The van der Waals surface area contributed by atoms with E-state index in [1.54, 1.807) is 31.2 Å². The molecule has 0 atom stereocenters. The van der Waals surface area contributed by atoms with Gasteiger partial charge in [0.15, 0.2) is 0 Å². The van der Waals surface area contributed by atoms with Gasteiger partial charge in [0.1, 0.15) is 5.69 Å². The van der Waals surface area contributed by atoms with Gasteiger partial charge in [0, 0.05) is 5.75 Å². The number of carboxylic acid groups (broad SMARTS) is 1. The van der Waals surface area contributed by atoms with Gasteiger partial charge in [-0.3, -0.25) is 9.78 Å². The van der Waals surface area contributed by atoms with Crippen molar-refractivity contribution >= 4 is 23.5 Å². The lowest BCUT2D eigenvalue weighted by Crippen LogP contribution is -2.15. The highest BCUT2D eigenvalue weighted by molar-refractivity contribution is 7.98. The predicted octanol–water partition coefficient (Wildman–Crippen LogP) is 1.11. The van der Waals surface area contributed by atoms with Crippen LogP contribution in [-0.2, 0) is 5.75 Å². The maximum Gasteiger partial charge on any atom is 0.335 e. The number of aromatic amines is 1. The molecule has 1 aromatic carbocycles. The normalized spacial score (nSPS) is 11.0. The number of thioether (sulfide) groups is 1. The maximum absolute atomic E-state index is 11.5. The van der Waals surface area contributed by atoms with Crippen LogP contribution < -0.4 is 5.56 Å². The zero-order valence-corrected chi connectivity index (χ0v) is 12.3. The topological polar surface area (TPSA) is 113 Å². The Hall–Kier alpha value is -2.68. The number of hydrogen-bond donors (Lipinski definition) is 2. The first-order chi connectivity index (χ1) is 10.5. The molecule has 2 heterocycles. The van der Waals surface area contributed by atoms with Gasteiger partial charge in [-0.05, 0) is 24.6 Å². The minimum absolute atomic E-state index is 0.247. The second-order valence-corrected chi connectivity index (χ2v) is 5.49. The van der Waals surface area contributed by atoms with E-state index in [0.717, 1.165) is 5.56 Å². The van der Waals surface area contributed by atoms with Crippen molar-refractivity contribution in [2.45, 2.75) is 17.8 Å². The van der Waals surface area contributed by atoms with Crippen molar-refractivity contribution in [1.29, 1.82) is 0 Å². The van der Waals surface area contributed by atoms with Gasteiger partial charge in [-0.2, -0.15) is 9.61 Å². The second kappa shape index (κ2) is 5.60. The third-order valence-corrected chi connectivity index (χ3v) is 3.98. The van der Waals surface area contributed by atoms with Crippen molar-refractivity contribution in [3.63, 3.8) is 0 Å². The minimum Gasteiger partial charge on any atom is -0.478 e. The van der Waals surface area contributed by atoms with Crippen LogP contribution >= 0.6 is 11.8 Å².